The van der Waals surface area contributed by atoms with Crippen LogP contribution in [0.3, 0.4) is 0 Å². The molecule has 0 aromatic heterocycles. The molecule has 2 rings (SSSR count). The molecule has 5 nitrogen and oxygen atoms in total. The number of aldehydes is 1. The van der Waals surface area contributed by atoms with Gasteiger partial charge < -0.3 is 14.2 Å². The van der Waals surface area contributed by atoms with Gasteiger partial charge in [0.1, 0.15) is 17.2 Å². The van der Waals surface area contributed by atoms with Gasteiger partial charge in [-0.15, -0.1) is 0 Å². The van der Waals surface area contributed by atoms with Crippen LogP contribution in [-0.4, -0.2) is 26.5 Å². The standard InChI is InChI=1S/C16H14O5/c1-19-12-8-14(20-2)13(10-17)15(9-12)21-16(18)11-6-4-3-5-7-11/h3-10H,1-2H3. The Kier molecular flexibility index (Phi) is 4.56. The van der Waals surface area contributed by atoms with Gasteiger partial charge in [0.05, 0.1) is 25.3 Å². The predicted octanol–water partition coefficient (Wildman–Crippen LogP) is 2.74. The lowest BCUT2D eigenvalue weighted by atomic mass is 10.1. The zero-order chi connectivity index (χ0) is 15.2. The lowest BCUT2D eigenvalue weighted by Gasteiger charge is -2.12. The Morgan fingerprint density at radius 1 is 1.00 bits per heavy atom. The van der Waals surface area contributed by atoms with Crippen LogP contribution in [0.2, 0.25) is 0 Å². The van der Waals surface area contributed by atoms with Crippen LogP contribution in [-0.2, 0) is 0 Å². The van der Waals surface area contributed by atoms with Gasteiger partial charge in [0.25, 0.3) is 0 Å². The van der Waals surface area contributed by atoms with Crippen molar-refractivity contribution in [2.45, 2.75) is 0 Å². The molecule has 2 aromatic carbocycles. The highest BCUT2D eigenvalue weighted by atomic mass is 16.5. The summed E-state index contributed by atoms with van der Waals surface area (Å²) < 4.78 is 15.5. The van der Waals surface area contributed by atoms with Gasteiger partial charge >= 0.3 is 5.97 Å². The van der Waals surface area contributed by atoms with Gasteiger partial charge in [-0.05, 0) is 12.1 Å². The molecule has 0 bridgehead atoms. The third-order valence-electron chi connectivity index (χ3n) is 2.86. The molecule has 0 aliphatic carbocycles. The average Bonchev–Trinajstić information content (AvgIpc) is 2.54. The topological polar surface area (TPSA) is 61.8 Å². The molecule has 5 heteroatoms. The summed E-state index contributed by atoms with van der Waals surface area (Å²) in [5.41, 5.74) is 0.540. The van der Waals surface area contributed by atoms with Crippen LogP contribution < -0.4 is 14.2 Å². The summed E-state index contributed by atoms with van der Waals surface area (Å²) >= 11 is 0. The highest BCUT2D eigenvalue weighted by Gasteiger charge is 2.17. The normalized spacial score (nSPS) is 9.81. The summed E-state index contributed by atoms with van der Waals surface area (Å²) in [6.07, 6.45) is 0.575. The summed E-state index contributed by atoms with van der Waals surface area (Å²) in [4.78, 5) is 23.3. The SMILES string of the molecule is COc1cc(OC)c(C=O)c(OC(=O)c2ccccc2)c1. The molecule has 21 heavy (non-hydrogen) atoms. The molecule has 0 saturated heterocycles. The maximum Gasteiger partial charge on any atom is 0.343 e. The fourth-order valence-electron chi connectivity index (χ4n) is 1.80. The van der Waals surface area contributed by atoms with Gasteiger partial charge in [0.15, 0.2) is 6.29 Å². The van der Waals surface area contributed by atoms with Gasteiger partial charge in [0, 0.05) is 12.1 Å². The van der Waals surface area contributed by atoms with Gasteiger partial charge in [-0.1, -0.05) is 18.2 Å². The maximum absolute atomic E-state index is 12.1. The number of hydrogen-bond donors (Lipinski definition) is 0. The van der Waals surface area contributed by atoms with Crippen LogP contribution in [0.15, 0.2) is 42.5 Å². The monoisotopic (exact) mass is 286 g/mol. The molecule has 0 radical (unpaired) electrons. The number of carbonyl (C=O) groups is 2. The maximum atomic E-state index is 12.1. The Bertz CT molecular complexity index is 649. The van der Waals surface area contributed by atoms with Crippen molar-refractivity contribution < 1.29 is 23.8 Å². The third kappa shape index (κ3) is 3.20. The first-order valence-electron chi connectivity index (χ1n) is 6.18. The Hall–Kier alpha value is -2.82. The fourth-order valence-corrected chi connectivity index (χ4v) is 1.80. The van der Waals surface area contributed by atoms with E-state index in [1.165, 1.54) is 20.3 Å². The first-order chi connectivity index (χ1) is 10.2. The minimum Gasteiger partial charge on any atom is -0.496 e. The van der Waals surface area contributed by atoms with E-state index in [9.17, 15) is 9.59 Å². The minimum absolute atomic E-state index is 0.0926. The molecule has 0 fully saturated rings. The van der Waals surface area contributed by atoms with E-state index in [0.29, 0.717) is 17.6 Å². The van der Waals surface area contributed by atoms with Crippen LogP contribution in [0.25, 0.3) is 0 Å². The minimum atomic E-state index is -0.561. The number of benzene rings is 2. The van der Waals surface area contributed by atoms with Crippen LogP contribution in [0.5, 0.6) is 17.2 Å². The Morgan fingerprint density at radius 2 is 1.67 bits per heavy atom. The van der Waals surface area contributed by atoms with Crippen LogP contribution >= 0.6 is 0 Å². The van der Waals surface area contributed by atoms with E-state index in [2.05, 4.69) is 0 Å². The number of carbonyl (C=O) groups excluding carboxylic acids is 2. The van der Waals surface area contributed by atoms with Crippen LogP contribution in [0, 0.1) is 0 Å². The summed E-state index contributed by atoms with van der Waals surface area (Å²) in [7, 11) is 2.89. The van der Waals surface area contributed by atoms with Crippen molar-refractivity contribution in [2.24, 2.45) is 0 Å². The number of methoxy groups -OCH3 is 2. The summed E-state index contributed by atoms with van der Waals surface area (Å²) in [6, 6.07) is 11.5. The second-order valence-corrected chi connectivity index (χ2v) is 4.11. The van der Waals surface area contributed by atoms with Crippen LogP contribution in [0.4, 0.5) is 0 Å². The van der Waals surface area contributed by atoms with Crippen molar-refractivity contribution in [3.63, 3.8) is 0 Å². The molecule has 0 aliphatic heterocycles. The summed E-state index contributed by atoms with van der Waals surface area (Å²) in [5, 5.41) is 0. The van der Waals surface area contributed by atoms with E-state index in [1.807, 2.05) is 0 Å². The molecule has 0 saturated carbocycles. The van der Waals surface area contributed by atoms with Crippen molar-refractivity contribution >= 4 is 12.3 Å². The van der Waals surface area contributed by atoms with Gasteiger partial charge in [0.2, 0.25) is 0 Å². The summed E-state index contributed by atoms with van der Waals surface area (Å²) in [6.45, 7) is 0. The average molecular weight is 286 g/mol. The molecule has 0 unspecified atom stereocenters. The van der Waals surface area contributed by atoms with E-state index >= 15 is 0 Å². The lowest BCUT2D eigenvalue weighted by molar-refractivity contribution is 0.0733. The quantitative estimate of drug-likeness (QED) is 0.480. The molecule has 0 aliphatic rings. The smallest absolute Gasteiger partial charge is 0.343 e. The van der Waals surface area contributed by atoms with Gasteiger partial charge in [-0.2, -0.15) is 0 Å². The van der Waals surface area contributed by atoms with E-state index in [-0.39, 0.29) is 17.1 Å². The molecule has 2 aromatic rings. The second-order valence-electron chi connectivity index (χ2n) is 4.11. The molecular weight excluding hydrogens is 272 g/mol. The molecule has 0 amide bonds. The van der Waals surface area contributed by atoms with Crippen LogP contribution in [0.1, 0.15) is 20.7 Å². The fraction of sp³-hybridized carbons (Fsp3) is 0.125. The van der Waals surface area contributed by atoms with E-state index < -0.39 is 5.97 Å². The van der Waals surface area contributed by atoms with Crippen molar-refractivity contribution in [3.05, 3.63) is 53.6 Å². The van der Waals surface area contributed by atoms with E-state index in [4.69, 9.17) is 14.2 Å². The van der Waals surface area contributed by atoms with Gasteiger partial charge in [-0.25, -0.2) is 4.79 Å². The molecule has 0 spiro atoms. The molecule has 0 N–H and O–H groups in total. The Balaban J connectivity index is 2.38. The molecular formula is C16H14O5. The first kappa shape index (κ1) is 14.6. The van der Waals surface area contributed by atoms with Crippen molar-refractivity contribution in [3.8, 4) is 17.2 Å². The zero-order valence-corrected chi connectivity index (χ0v) is 11.7. The first-order valence-corrected chi connectivity index (χ1v) is 6.18. The molecule has 0 heterocycles. The number of ether oxygens (including phenoxy) is 3. The lowest BCUT2D eigenvalue weighted by Crippen LogP contribution is -2.10. The summed E-state index contributed by atoms with van der Waals surface area (Å²) in [5.74, 6) is 0.234. The van der Waals surface area contributed by atoms with E-state index in [0.717, 1.165) is 0 Å². The molecule has 0 atom stereocenters. The Labute approximate surface area is 122 Å². The highest BCUT2D eigenvalue weighted by molar-refractivity contribution is 5.93. The molecule has 108 valence electrons. The number of rotatable bonds is 5. The number of esters is 1. The third-order valence-corrected chi connectivity index (χ3v) is 2.86. The van der Waals surface area contributed by atoms with E-state index in [1.54, 1.807) is 36.4 Å². The van der Waals surface area contributed by atoms with Crippen molar-refractivity contribution in [1.82, 2.24) is 0 Å². The van der Waals surface area contributed by atoms with Crippen molar-refractivity contribution in [1.29, 1.82) is 0 Å². The highest BCUT2D eigenvalue weighted by Crippen LogP contribution is 2.33. The zero-order valence-electron chi connectivity index (χ0n) is 11.7. The Morgan fingerprint density at radius 3 is 2.24 bits per heavy atom. The van der Waals surface area contributed by atoms with Gasteiger partial charge in [-0.3, -0.25) is 4.79 Å². The van der Waals surface area contributed by atoms with Crippen molar-refractivity contribution in [2.75, 3.05) is 14.2 Å². The largest absolute Gasteiger partial charge is 0.496 e. The predicted molar refractivity (Wildman–Crippen MR) is 76.3 cm³/mol. The number of hydrogen-bond acceptors (Lipinski definition) is 5. The second kappa shape index (κ2) is 6.56.